The standard InChI is InChI=1S/C30H31N3O5S2/c1-19-15-20(2)17-26(16-19)32-40(37,38)28-18-24(10-9-21(28)3)30(34)31-25-11-13-27(14-12-25)39(35,36)33-29-22(4)7-6-8-23(29)5/h6-18,32-33H,1-5H3,(H,31,34). The van der Waals surface area contributed by atoms with Crippen molar-refractivity contribution in [3.63, 3.8) is 0 Å². The van der Waals surface area contributed by atoms with Gasteiger partial charge >= 0.3 is 0 Å². The van der Waals surface area contributed by atoms with Crippen LogP contribution in [0.2, 0.25) is 0 Å². The fourth-order valence-corrected chi connectivity index (χ4v) is 6.88. The highest BCUT2D eigenvalue weighted by Crippen LogP contribution is 2.25. The molecule has 0 heterocycles. The molecule has 0 radical (unpaired) electrons. The number of benzene rings is 4. The highest BCUT2D eigenvalue weighted by atomic mass is 32.2. The van der Waals surface area contributed by atoms with Crippen LogP contribution in [0.15, 0.2) is 88.7 Å². The number of carbonyl (C=O) groups is 1. The van der Waals surface area contributed by atoms with E-state index in [2.05, 4.69) is 14.8 Å². The van der Waals surface area contributed by atoms with Gasteiger partial charge in [0.2, 0.25) is 0 Å². The Morgan fingerprint density at radius 2 is 1.20 bits per heavy atom. The molecule has 0 atom stereocenters. The molecule has 4 rings (SSSR count). The molecule has 40 heavy (non-hydrogen) atoms. The van der Waals surface area contributed by atoms with Gasteiger partial charge in [-0.3, -0.25) is 14.2 Å². The Bertz CT molecular complexity index is 1770. The van der Waals surface area contributed by atoms with Crippen LogP contribution in [0, 0.1) is 34.6 Å². The SMILES string of the molecule is Cc1cc(C)cc(NS(=O)(=O)c2cc(C(=O)Nc3ccc(S(=O)(=O)Nc4c(C)cccc4C)cc3)ccc2C)c1. The smallest absolute Gasteiger partial charge is 0.262 e. The van der Waals surface area contributed by atoms with Crippen LogP contribution >= 0.6 is 0 Å². The Labute approximate surface area is 235 Å². The van der Waals surface area contributed by atoms with Gasteiger partial charge in [0, 0.05) is 16.9 Å². The van der Waals surface area contributed by atoms with Crippen LogP contribution in [-0.2, 0) is 20.0 Å². The lowest BCUT2D eigenvalue weighted by atomic mass is 10.1. The van der Waals surface area contributed by atoms with E-state index in [-0.39, 0.29) is 15.4 Å². The molecule has 0 aliphatic rings. The van der Waals surface area contributed by atoms with Crippen LogP contribution in [0.1, 0.15) is 38.2 Å². The monoisotopic (exact) mass is 577 g/mol. The summed E-state index contributed by atoms with van der Waals surface area (Å²) in [6.07, 6.45) is 0. The van der Waals surface area contributed by atoms with Crippen molar-refractivity contribution in [1.29, 1.82) is 0 Å². The number of carbonyl (C=O) groups excluding carboxylic acids is 1. The van der Waals surface area contributed by atoms with Gasteiger partial charge in [0.1, 0.15) is 0 Å². The van der Waals surface area contributed by atoms with E-state index in [1.807, 2.05) is 52.0 Å². The van der Waals surface area contributed by atoms with Crippen LogP contribution in [0.5, 0.6) is 0 Å². The van der Waals surface area contributed by atoms with Crippen molar-refractivity contribution < 1.29 is 21.6 Å². The number of rotatable bonds is 8. The summed E-state index contributed by atoms with van der Waals surface area (Å²) >= 11 is 0. The van der Waals surface area contributed by atoms with Gasteiger partial charge in [0.15, 0.2) is 0 Å². The fourth-order valence-electron chi connectivity index (χ4n) is 4.36. The summed E-state index contributed by atoms with van der Waals surface area (Å²) in [5, 5.41) is 2.70. The molecule has 8 nitrogen and oxygen atoms in total. The van der Waals surface area contributed by atoms with Crippen LogP contribution in [0.4, 0.5) is 17.1 Å². The summed E-state index contributed by atoms with van der Waals surface area (Å²) in [7, 11) is -7.81. The van der Waals surface area contributed by atoms with Gasteiger partial charge in [0.25, 0.3) is 26.0 Å². The zero-order chi connectivity index (χ0) is 29.2. The summed E-state index contributed by atoms with van der Waals surface area (Å²) in [6, 6.07) is 21.1. The van der Waals surface area contributed by atoms with Gasteiger partial charge in [-0.25, -0.2) is 16.8 Å². The van der Waals surface area contributed by atoms with Crippen molar-refractivity contribution in [2.75, 3.05) is 14.8 Å². The number of hydrogen-bond donors (Lipinski definition) is 3. The highest BCUT2D eigenvalue weighted by Gasteiger charge is 2.21. The third-order valence-corrected chi connectivity index (χ3v) is 9.24. The van der Waals surface area contributed by atoms with E-state index in [1.165, 1.54) is 36.4 Å². The largest absolute Gasteiger partial charge is 0.322 e. The van der Waals surface area contributed by atoms with Crippen molar-refractivity contribution in [2.24, 2.45) is 0 Å². The second-order valence-corrected chi connectivity index (χ2v) is 13.1. The minimum absolute atomic E-state index is 0.0154. The van der Waals surface area contributed by atoms with Gasteiger partial charge in [-0.2, -0.15) is 0 Å². The molecule has 0 aliphatic heterocycles. The Balaban J connectivity index is 1.52. The Morgan fingerprint density at radius 3 is 1.80 bits per heavy atom. The summed E-state index contributed by atoms with van der Waals surface area (Å²) < 4.78 is 57.4. The Morgan fingerprint density at radius 1 is 0.600 bits per heavy atom. The first-order chi connectivity index (χ1) is 18.7. The van der Waals surface area contributed by atoms with Crippen LogP contribution < -0.4 is 14.8 Å². The number of sulfonamides is 2. The van der Waals surface area contributed by atoms with Crippen molar-refractivity contribution in [3.8, 4) is 0 Å². The van der Waals surface area contributed by atoms with Crippen molar-refractivity contribution in [1.82, 2.24) is 0 Å². The van der Waals surface area contributed by atoms with Gasteiger partial charge in [-0.15, -0.1) is 0 Å². The molecule has 3 N–H and O–H groups in total. The van der Waals surface area contributed by atoms with E-state index in [0.29, 0.717) is 22.6 Å². The number of nitrogens with one attached hydrogen (secondary N) is 3. The maximum atomic E-state index is 13.2. The van der Waals surface area contributed by atoms with Crippen molar-refractivity contribution >= 4 is 43.0 Å². The second kappa shape index (κ2) is 11.1. The summed E-state index contributed by atoms with van der Waals surface area (Å²) in [5.74, 6) is -0.535. The number of para-hydroxylation sites is 1. The molecular weight excluding hydrogens is 546 g/mol. The first-order valence-electron chi connectivity index (χ1n) is 12.5. The number of anilines is 3. The normalized spacial score (nSPS) is 11.6. The minimum atomic E-state index is -3.96. The molecule has 0 spiro atoms. The molecule has 0 unspecified atom stereocenters. The number of amides is 1. The lowest BCUT2D eigenvalue weighted by Crippen LogP contribution is -2.17. The summed E-state index contributed by atoms with van der Waals surface area (Å²) in [6.45, 7) is 9.06. The maximum absolute atomic E-state index is 13.2. The van der Waals surface area contributed by atoms with Crippen LogP contribution in [0.25, 0.3) is 0 Å². The third kappa shape index (κ3) is 6.52. The molecule has 0 aliphatic carbocycles. The lowest BCUT2D eigenvalue weighted by molar-refractivity contribution is 0.102. The van der Waals surface area contributed by atoms with E-state index in [1.54, 1.807) is 25.1 Å². The zero-order valence-electron chi connectivity index (χ0n) is 22.9. The van der Waals surface area contributed by atoms with E-state index < -0.39 is 26.0 Å². The molecule has 0 fully saturated rings. The average molecular weight is 578 g/mol. The van der Waals surface area contributed by atoms with E-state index in [9.17, 15) is 21.6 Å². The second-order valence-electron chi connectivity index (χ2n) is 9.81. The topological polar surface area (TPSA) is 121 Å². The molecule has 4 aromatic rings. The van der Waals surface area contributed by atoms with Gasteiger partial charge < -0.3 is 5.32 Å². The highest BCUT2D eigenvalue weighted by molar-refractivity contribution is 7.93. The molecule has 10 heteroatoms. The maximum Gasteiger partial charge on any atom is 0.262 e. The number of aryl methyl sites for hydroxylation is 5. The fraction of sp³-hybridized carbons (Fsp3) is 0.167. The van der Waals surface area contributed by atoms with Crippen LogP contribution in [0.3, 0.4) is 0 Å². The average Bonchev–Trinajstić information content (AvgIpc) is 2.86. The Kier molecular flexibility index (Phi) is 8.04. The first-order valence-corrected chi connectivity index (χ1v) is 15.4. The molecule has 4 aromatic carbocycles. The van der Waals surface area contributed by atoms with Gasteiger partial charge in [0.05, 0.1) is 15.5 Å². The summed E-state index contributed by atoms with van der Waals surface area (Å²) in [5.41, 5.74) is 5.39. The predicted octanol–water partition coefficient (Wildman–Crippen LogP) is 6.08. The quantitative estimate of drug-likeness (QED) is 0.234. The molecule has 1 amide bonds. The number of hydrogen-bond acceptors (Lipinski definition) is 5. The third-order valence-electron chi connectivity index (χ3n) is 6.35. The van der Waals surface area contributed by atoms with Gasteiger partial charge in [-0.1, -0.05) is 30.3 Å². The van der Waals surface area contributed by atoms with Crippen molar-refractivity contribution in [3.05, 3.63) is 112 Å². The first kappa shape index (κ1) is 28.8. The van der Waals surface area contributed by atoms with Crippen LogP contribution in [-0.4, -0.2) is 22.7 Å². The van der Waals surface area contributed by atoms with E-state index in [0.717, 1.165) is 22.3 Å². The van der Waals surface area contributed by atoms with E-state index in [4.69, 9.17) is 0 Å². The van der Waals surface area contributed by atoms with Crippen molar-refractivity contribution in [2.45, 2.75) is 44.4 Å². The minimum Gasteiger partial charge on any atom is -0.322 e. The predicted molar refractivity (Wildman–Crippen MR) is 159 cm³/mol. The molecule has 208 valence electrons. The molecule has 0 bridgehead atoms. The van der Waals surface area contributed by atoms with Gasteiger partial charge in [-0.05, 0) is 111 Å². The summed E-state index contributed by atoms with van der Waals surface area (Å²) in [4.78, 5) is 13.0. The molecular formula is C30H31N3O5S2. The molecule has 0 saturated heterocycles. The Hall–Kier alpha value is -4.15. The lowest BCUT2D eigenvalue weighted by Gasteiger charge is -2.14. The molecule has 0 aromatic heterocycles. The molecule has 0 saturated carbocycles. The van der Waals surface area contributed by atoms with E-state index >= 15 is 0 Å². The zero-order valence-corrected chi connectivity index (χ0v) is 24.5.